The molecular formula is C13H23N3S. The van der Waals surface area contributed by atoms with Gasteiger partial charge in [0.1, 0.15) is 0 Å². The SMILES string of the molecule is CCNc1ncc(CN2CCC(C)(C)CC2)s1. The monoisotopic (exact) mass is 253 g/mol. The minimum absolute atomic E-state index is 0.541. The molecule has 1 saturated heterocycles. The van der Waals surface area contributed by atoms with Crippen LogP contribution in [0, 0.1) is 5.41 Å². The summed E-state index contributed by atoms with van der Waals surface area (Å²) in [6.07, 6.45) is 4.64. The molecule has 0 radical (unpaired) electrons. The number of hydrogen-bond acceptors (Lipinski definition) is 4. The number of rotatable bonds is 4. The Bertz CT molecular complexity index is 349. The largest absolute Gasteiger partial charge is 0.362 e. The summed E-state index contributed by atoms with van der Waals surface area (Å²) in [7, 11) is 0. The van der Waals surface area contributed by atoms with Crippen molar-refractivity contribution in [1.82, 2.24) is 9.88 Å². The Morgan fingerprint density at radius 1 is 1.41 bits per heavy atom. The van der Waals surface area contributed by atoms with E-state index in [9.17, 15) is 0 Å². The van der Waals surface area contributed by atoms with Crippen LogP contribution in [0.1, 0.15) is 38.5 Å². The first-order valence-corrected chi connectivity index (χ1v) is 7.32. The molecule has 17 heavy (non-hydrogen) atoms. The third-order valence-corrected chi connectivity index (χ3v) is 4.41. The van der Waals surface area contributed by atoms with Gasteiger partial charge in [0, 0.05) is 24.2 Å². The second kappa shape index (κ2) is 5.36. The van der Waals surface area contributed by atoms with Crippen LogP contribution in [0.3, 0.4) is 0 Å². The molecule has 0 unspecified atom stereocenters. The molecule has 1 aliphatic rings. The second-order valence-electron chi connectivity index (χ2n) is 5.60. The maximum Gasteiger partial charge on any atom is 0.182 e. The van der Waals surface area contributed by atoms with Gasteiger partial charge in [0.2, 0.25) is 0 Å². The number of anilines is 1. The Labute approximate surface area is 108 Å². The van der Waals surface area contributed by atoms with Gasteiger partial charge in [-0.3, -0.25) is 4.90 Å². The topological polar surface area (TPSA) is 28.2 Å². The lowest BCUT2D eigenvalue weighted by atomic mass is 9.83. The van der Waals surface area contributed by atoms with Crippen LogP contribution in [0.15, 0.2) is 6.20 Å². The molecule has 1 aromatic heterocycles. The van der Waals surface area contributed by atoms with Crippen molar-refractivity contribution in [3.05, 3.63) is 11.1 Å². The predicted octanol–water partition coefficient (Wildman–Crippen LogP) is 3.20. The molecule has 0 amide bonds. The molecule has 2 heterocycles. The van der Waals surface area contributed by atoms with Crippen molar-refractivity contribution in [3.8, 4) is 0 Å². The van der Waals surface area contributed by atoms with Gasteiger partial charge in [-0.15, -0.1) is 11.3 Å². The molecule has 0 spiro atoms. The van der Waals surface area contributed by atoms with Crippen LogP contribution in [0.2, 0.25) is 0 Å². The smallest absolute Gasteiger partial charge is 0.182 e. The number of likely N-dealkylation sites (tertiary alicyclic amines) is 1. The number of piperidine rings is 1. The Kier molecular flexibility index (Phi) is 4.05. The summed E-state index contributed by atoms with van der Waals surface area (Å²) >= 11 is 1.79. The fourth-order valence-electron chi connectivity index (χ4n) is 2.15. The average molecular weight is 253 g/mol. The fourth-order valence-corrected chi connectivity index (χ4v) is 3.07. The molecule has 4 heteroatoms. The zero-order chi connectivity index (χ0) is 12.3. The quantitative estimate of drug-likeness (QED) is 0.893. The molecular weight excluding hydrogens is 230 g/mol. The molecule has 1 aliphatic heterocycles. The molecule has 1 aromatic rings. The fraction of sp³-hybridized carbons (Fsp3) is 0.769. The molecule has 3 nitrogen and oxygen atoms in total. The molecule has 0 saturated carbocycles. The third-order valence-electron chi connectivity index (χ3n) is 3.47. The van der Waals surface area contributed by atoms with E-state index >= 15 is 0 Å². The summed E-state index contributed by atoms with van der Waals surface area (Å²) in [4.78, 5) is 8.31. The summed E-state index contributed by atoms with van der Waals surface area (Å²) in [5.74, 6) is 0. The first kappa shape index (κ1) is 12.8. The van der Waals surface area contributed by atoms with Crippen LogP contribution >= 0.6 is 11.3 Å². The summed E-state index contributed by atoms with van der Waals surface area (Å²) in [5.41, 5.74) is 0.541. The van der Waals surface area contributed by atoms with Gasteiger partial charge in [-0.05, 0) is 38.3 Å². The van der Waals surface area contributed by atoms with E-state index in [1.165, 1.54) is 30.8 Å². The van der Waals surface area contributed by atoms with Gasteiger partial charge in [0.05, 0.1) is 0 Å². The highest BCUT2D eigenvalue weighted by Crippen LogP contribution is 2.31. The summed E-state index contributed by atoms with van der Waals surface area (Å²) in [6, 6.07) is 0. The Morgan fingerprint density at radius 3 is 2.76 bits per heavy atom. The Morgan fingerprint density at radius 2 is 2.12 bits per heavy atom. The highest BCUT2D eigenvalue weighted by atomic mass is 32.1. The van der Waals surface area contributed by atoms with Crippen LogP contribution in [0.25, 0.3) is 0 Å². The van der Waals surface area contributed by atoms with Crippen LogP contribution in [-0.2, 0) is 6.54 Å². The standard InChI is InChI=1S/C13H23N3S/c1-4-14-12-15-9-11(17-12)10-16-7-5-13(2,3)6-8-16/h9H,4-8,10H2,1-3H3,(H,14,15). The lowest BCUT2D eigenvalue weighted by molar-refractivity contribution is 0.128. The van der Waals surface area contributed by atoms with Crippen LogP contribution in [0.4, 0.5) is 5.13 Å². The molecule has 1 fully saturated rings. The van der Waals surface area contributed by atoms with Crippen molar-refractivity contribution >= 4 is 16.5 Å². The van der Waals surface area contributed by atoms with Gasteiger partial charge in [-0.25, -0.2) is 4.98 Å². The number of nitrogens with zero attached hydrogens (tertiary/aromatic N) is 2. The van der Waals surface area contributed by atoms with Crippen molar-refractivity contribution in [2.45, 2.75) is 40.2 Å². The first-order chi connectivity index (χ1) is 8.09. The zero-order valence-corrected chi connectivity index (χ0v) is 11.9. The maximum absolute atomic E-state index is 4.38. The van der Waals surface area contributed by atoms with Crippen molar-refractivity contribution in [2.24, 2.45) is 5.41 Å². The van der Waals surface area contributed by atoms with E-state index in [1.54, 1.807) is 11.3 Å². The number of nitrogens with one attached hydrogen (secondary N) is 1. The molecule has 0 bridgehead atoms. The zero-order valence-electron chi connectivity index (χ0n) is 11.1. The second-order valence-corrected chi connectivity index (χ2v) is 6.72. The number of hydrogen-bond donors (Lipinski definition) is 1. The molecule has 96 valence electrons. The van der Waals surface area contributed by atoms with E-state index in [0.29, 0.717) is 5.41 Å². The third kappa shape index (κ3) is 3.68. The van der Waals surface area contributed by atoms with Crippen molar-refractivity contribution in [1.29, 1.82) is 0 Å². The van der Waals surface area contributed by atoms with Gasteiger partial charge in [0.15, 0.2) is 5.13 Å². The van der Waals surface area contributed by atoms with Crippen molar-refractivity contribution < 1.29 is 0 Å². The predicted molar refractivity (Wildman–Crippen MR) is 74.6 cm³/mol. The Balaban J connectivity index is 1.84. The first-order valence-electron chi connectivity index (χ1n) is 6.50. The lowest BCUT2D eigenvalue weighted by Crippen LogP contribution is -2.36. The van der Waals surface area contributed by atoms with Crippen LogP contribution < -0.4 is 5.32 Å². The van der Waals surface area contributed by atoms with Gasteiger partial charge < -0.3 is 5.32 Å². The summed E-state index contributed by atoms with van der Waals surface area (Å²) in [6.45, 7) is 11.3. The normalized spacial score (nSPS) is 20.4. The minimum Gasteiger partial charge on any atom is -0.362 e. The molecule has 1 N–H and O–H groups in total. The number of aromatic nitrogens is 1. The molecule has 0 aliphatic carbocycles. The van der Waals surface area contributed by atoms with E-state index in [0.717, 1.165) is 18.2 Å². The van der Waals surface area contributed by atoms with Crippen molar-refractivity contribution in [3.63, 3.8) is 0 Å². The summed E-state index contributed by atoms with van der Waals surface area (Å²) in [5, 5.41) is 4.32. The molecule has 0 atom stereocenters. The minimum atomic E-state index is 0.541. The summed E-state index contributed by atoms with van der Waals surface area (Å²) < 4.78 is 0. The van der Waals surface area contributed by atoms with Crippen LogP contribution in [0.5, 0.6) is 0 Å². The molecule has 2 rings (SSSR count). The molecule has 0 aromatic carbocycles. The van der Waals surface area contributed by atoms with Gasteiger partial charge in [-0.1, -0.05) is 13.8 Å². The number of thiazole rings is 1. The van der Waals surface area contributed by atoms with Crippen molar-refractivity contribution in [2.75, 3.05) is 25.0 Å². The van der Waals surface area contributed by atoms with Gasteiger partial charge >= 0.3 is 0 Å². The highest BCUT2D eigenvalue weighted by molar-refractivity contribution is 7.15. The Hall–Kier alpha value is -0.610. The van der Waals surface area contributed by atoms with E-state index in [4.69, 9.17) is 0 Å². The van der Waals surface area contributed by atoms with Gasteiger partial charge in [0.25, 0.3) is 0 Å². The van der Waals surface area contributed by atoms with E-state index in [-0.39, 0.29) is 0 Å². The van der Waals surface area contributed by atoms with E-state index < -0.39 is 0 Å². The lowest BCUT2D eigenvalue weighted by Gasteiger charge is -2.36. The van der Waals surface area contributed by atoms with E-state index in [2.05, 4.69) is 36.0 Å². The van der Waals surface area contributed by atoms with Crippen LogP contribution in [-0.4, -0.2) is 29.5 Å². The van der Waals surface area contributed by atoms with Gasteiger partial charge in [-0.2, -0.15) is 0 Å². The maximum atomic E-state index is 4.38. The van der Waals surface area contributed by atoms with E-state index in [1.807, 2.05) is 6.20 Å². The average Bonchev–Trinajstić information content (AvgIpc) is 2.70. The highest BCUT2D eigenvalue weighted by Gasteiger charge is 2.25.